The maximum absolute atomic E-state index is 12.9. The van der Waals surface area contributed by atoms with E-state index in [4.69, 9.17) is 0 Å². The summed E-state index contributed by atoms with van der Waals surface area (Å²) in [7, 11) is -6.45. The van der Waals surface area contributed by atoms with Gasteiger partial charge in [-0.1, -0.05) is 0 Å². The molecule has 0 unspecified atom stereocenters. The zero-order valence-electron chi connectivity index (χ0n) is 8.20. The molecule has 0 saturated heterocycles. The topological polar surface area (TPSA) is 48.2 Å². The molecule has 0 amide bonds. The van der Waals surface area contributed by atoms with Gasteiger partial charge in [0.05, 0.1) is 0 Å². The Morgan fingerprint density at radius 3 is 1.37 bits per heavy atom. The molecule has 0 aliphatic heterocycles. The Morgan fingerprint density at radius 2 is 1.05 bits per heavy atom. The highest BCUT2D eigenvalue weighted by atomic mass is 32.2. The summed E-state index contributed by atoms with van der Waals surface area (Å²) >= 11 is 0. The van der Waals surface area contributed by atoms with Crippen molar-refractivity contribution in [3.63, 3.8) is 0 Å². The van der Waals surface area contributed by atoms with Crippen molar-refractivity contribution in [3.8, 4) is 0 Å². The third kappa shape index (κ3) is 2.57. The molecule has 0 aliphatic rings. The molecule has 0 fully saturated rings. The summed E-state index contributed by atoms with van der Waals surface area (Å²) in [5.74, 6) is -13.5. The van der Waals surface area contributed by atoms with Crippen LogP contribution in [0.25, 0.3) is 4.72 Å². The molecule has 3 nitrogen and oxygen atoms in total. The fraction of sp³-hybridized carbons (Fsp3) is 0.143. The molecule has 0 N–H and O–H groups in total. The lowest BCUT2D eigenvalue weighted by Gasteiger charge is -2.24. The number of halogens is 8. The number of hydrogen-bond donors (Lipinski definition) is 0. The highest BCUT2D eigenvalue weighted by Gasteiger charge is 2.40. The van der Waals surface area contributed by atoms with E-state index in [0.717, 1.165) is 0 Å². The molecular formula is C7F8NO2S-. The second-order valence-corrected chi connectivity index (χ2v) is 4.53. The van der Waals surface area contributed by atoms with E-state index in [2.05, 4.69) is 0 Å². The maximum Gasteiger partial charge on any atom is 0.483 e. The molecule has 12 heteroatoms. The zero-order valence-corrected chi connectivity index (χ0v) is 9.01. The molecule has 0 heterocycles. The first-order valence-electron chi connectivity index (χ1n) is 3.96. The van der Waals surface area contributed by atoms with Gasteiger partial charge < -0.3 is 4.72 Å². The lowest BCUT2D eigenvalue weighted by atomic mass is 10.2. The van der Waals surface area contributed by atoms with Gasteiger partial charge in [-0.2, -0.15) is 13.2 Å². The van der Waals surface area contributed by atoms with Crippen molar-refractivity contribution in [2.45, 2.75) is 5.51 Å². The number of hydrogen-bond acceptors (Lipinski definition) is 2. The summed E-state index contributed by atoms with van der Waals surface area (Å²) in [4.78, 5) is 0. The molecular weight excluding hydrogens is 314 g/mol. The van der Waals surface area contributed by atoms with Crippen molar-refractivity contribution in [1.29, 1.82) is 0 Å². The maximum atomic E-state index is 12.9. The Bertz CT molecular complexity index is 594. The third-order valence-corrected chi connectivity index (χ3v) is 2.70. The lowest BCUT2D eigenvalue weighted by Crippen LogP contribution is -2.21. The average Bonchev–Trinajstić information content (AvgIpc) is 2.28. The van der Waals surface area contributed by atoms with Crippen LogP contribution in [0.15, 0.2) is 0 Å². The van der Waals surface area contributed by atoms with Crippen LogP contribution in [0.2, 0.25) is 0 Å². The fourth-order valence-corrected chi connectivity index (χ4v) is 1.35. The van der Waals surface area contributed by atoms with Crippen molar-refractivity contribution in [1.82, 2.24) is 0 Å². The predicted octanol–water partition coefficient (Wildman–Crippen LogP) is 3.24. The van der Waals surface area contributed by atoms with Crippen LogP contribution in [-0.4, -0.2) is 13.9 Å². The number of nitrogens with zero attached hydrogens (tertiary/aromatic N) is 1. The monoisotopic (exact) mass is 314 g/mol. The van der Waals surface area contributed by atoms with E-state index in [0.29, 0.717) is 0 Å². The molecule has 0 spiro atoms. The van der Waals surface area contributed by atoms with Crippen molar-refractivity contribution in [2.24, 2.45) is 0 Å². The van der Waals surface area contributed by atoms with E-state index in [-0.39, 0.29) is 0 Å². The van der Waals surface area contributed by atoms with E-state index in [1.54, 1.807) is 4.72 Å². The zero-order chi connectivity index (χ0) is 15.2. The van der Waals surface area contributed by atoms with Gasteiger partial charge in [0.2, 0.25) is 0 Å². The van der Waals surface area contributed by atoms with Crippen molar-refractivity contribution in [3.05, 3.63) is 33.8 Å². The number of benzene rings is 1. The van der Waals surface area contributed by atoms with Crippen LogP contribution in [0.3, 0.4) is 0 Å². The minimum Gasteiger partial charge on any atom is -0.564 e. The van der Waals surface area contributed by atoms with Crippen molar-refractivity contribution in [2.75, 3.05) is 0 Å². The van der Waals surface area contributed by atoms with Crippen LogP contribution < -0.4 is 0 Å². The summed E-state index contributed by atoms with van der Waals surface area (Å²) in [5, 5.41) is 0. The van der Waals surface area contributed by atoms with Crippen LogP contribution in [0.5, 0.6) is 0 Å². The van der Waals surface area contributed by atoms with Gasteiger partial charge in [-0.3, -0.25) is 0 Å². The number of rotatable bonds is 2. The second kappa shape index (κ2) is 4.51. The van der Waals surface area contributed by atoms with Gasteiger partial charge in [-0.25, -0.2) is 30.4 Å². The minimum absolute atomic E-state index is 1.57. The van der Waals surface area contributed by atoms with Gasteiger partial charge >= 0.3 is 5.51 Å². The van der Waals surface area contributed by atoms with E-state index >= 15 is 0 Å². The van der Waals surface area contributed by atoms with Crippen molar-refractivity contribution < 1.29 is 43.5 Å². The molecule has 0 aromatic heterocycles. The average molecular weight is 314 g/mol. The van der Waals surface area contributed by atoms with Crippen LogP contribution in [-0.2, 0) is 10.0 Å². The third-order valence-electron chi connectivity index (χ3n) is 1.69. The number of sulfonamides is 1. The summed E-state index contributed by atoms with van der Waals surface area (Å²) in [6.45, 7) is 0. The normalized spacial score (nSPS) is 12.6. The molecule has 0 radical (unpaired) electrons. The molecule has 108 valence electrons. The molecule has 1 aromatic carbocycles. The Balaban J connectivity index is 3.48. The van der Waals surface area contributed by atoms with Crippen LogP contribution in [0.1, 0.15) is 0 Å². The van der Waals surface area contributed by atoms with E-state index in [1.165, 1.54) is 0 Å². The Morgan fingerprint density at radius 1 is 0.737 bits per heavy atom. The highest BCUT2D eigenvalue weighted by molar-refractivity contribution is 7.95. The van der Waals surface area contributed by atoms with Gasteiger partial charge in [0.25, 0.3) is 0 Å². The lowest BCUT2D eigenvalue weighted by molar-refractivity contribution is -0.0425. The van der Waals surface area contributed by atoms with Gasteiger partial charge in [-0.15, -0.1) is 0 Å². The SMILES string of the molecule is O=S(=O)([N-]c1c(F)c(F)c(F)c(F)c1F)C(F)(F)F. The second-order valence-electron chi connectivity index (χ2n) is 2.93. The molecule has 1 rings (SSSR count). The predicted molar refractivity (Wildman–Crippen MR) is 44.2 cm³/mol. The number of alkyl halides is 3. The fourth-order valence-electron chi connectivity index (χ4n) is 0.845. The molecule has 0 saturated carbocycles. The first-order valence-corrected chi connectivity index (χ1v) is 5.40. The Kier molecular flexibility index (Phi) is 3.67. The summed E-state index contributed by atoms with van der Waals surface area (Å²) in [5.41, 5.74) is -8.48. The standard InChI is InChI=1S/C7F8NO2S/c8-1-2(9)4(11)6(5(12)3(1)10)16-19(17,18)7(13,14)15/q-1. The molecule has 19 heavy (non-hydrogen) atoms. The van der Waals surface area contributed by atoms with E-state index in [1.807, 2.05) is 0 Å². The van der Waals surface area contributed by atoms with Gasteiger partial charge in [-0.05, 0) is 5.69 Å². The Labute approximate surface area is 99.4 Å². The smallest absolute Gasteiger partial charge is 0.483 e. The first kappa shape index (κ1) is 15.5. The molecule has 0 bridgehead atoms. The minimum atomic E-state index is -6.45. The van der Waals surface area contributed by atoms with Crippen LogP contribution in [0.4, 0.5) is 40.8 Å². The summed E-state index contributed by atoms with van der Waals surface area (Å²) in [6.07, 6.45) is 0. The van der Waals surface area contributed by atoms with Crippen molar-refractivity contribution >= 4 is 15.7 Å². The van der Waals surface area contributed by atoms with Crippen LogP contribution in [0, 0.1) is 29.1 Å². The Hall–Kier alpha value is -1.59. The quantitative estimate of drug-likeness (QED) is 0.478. The molecule has 1 aromatic rings. The first-order chi connectivity index (χ1) is 8.40. The van der Waals surface area contributed by atoms with Gasteiger partial charge in [0.15, 0.2) is 39.1 Å². The van der Waals surface area contributed by atoms with E-state index < -0.39 is 50.3 Å². The molecule has 0 aliphatic carbocycles. The largest absolute Gasteiger partial charge is 0.564 e. The summed E-state index contributed by atoms with van der Waals surface area (Å²) < 4.78 is 122. The van der Waals surface area contributed by atoms with Gasteiger partial charge in [0, 0.05) is 0 Å². The van der Waals surface area contributed by atoms with E-state index in [9.17, 15) is 43.5 Å². The highest BCUT2D eigenvalue weighted by Crippen LogP contribution is 2.39. The molecule has 0 atom stereocenters. The van der Waals surface area contributed by atoms with Gasteiger partial charge in [0.1, 0.15) is 0 Å². The van der Waals surface area contributed by atoms with Crippen LogP contribution >= 0.6 is 0 Å². The summed E-state index contributed by atoms with van der Waals surface area (Å²) in [6, 6.07) is 0.